The molecule has 0 heterocycles. The van der Waals surface area contributed by atoms with Crippen molar-refractivity contribution < 1.29 is 18.7 Å². The second-order valence-electron chi connectivity index (χ2n) is 2.82. The topological polar surface area (TPSA) is 35.5 Å². The normalized spacial score (nSPS) is 8.94. The fourth-order valence-corrected chi connectivity index (χ4v) is 1.01. The molecule has 0 amide bonds. The lowest BCUT2D eigenvalue weighted by Crippen LogP contribution is -1.99. The van der Waals surface area contributed by atoms with Gasteiger partial charge in [0.1, 0.15) is 11.6 Å². The van der Waals surface area contributed by atoms with Crippen molar-refractivity contribution in [2.75, 3.05) is 13.7 Å². The van der Waals surface area contributed by atoms with Crippen LogP contribution >= 0.6 is 0 Å². The van der Waals surface area contributed by atoms with Gasteiger partial charge in [-0.1, -0.05) is 5.92 Å². The molecule has 1 rings (SSSR count). The molecule has 0 aliphatic rings. The van der Waals surface area contributed by atoms with E-state index in [2.05, 4.69) is 16.6 Å². The van der Waals surface area contributed by atoms with Gasteiger partial charge in [0.25, 0.3) is 0 Å². The highest BCUT2D eigenvalue weighted by molar-refractivity contribution is 5.89. The summed E-state index contributed by atoms with van der Waals surface area (Å²) in [6, 6.07) is 4.13. The summed E-state index contributed by atoms with van der Waals surface area (Å²) < 4.78 is 22.7. The first kappa shape index (κ1) is 12.1. The highest BCUT2D eigenvalue weighted by Crippen LogP contribution is 2.15. The number of methoxy groups -OCH3 is 1. The fourth-order valence-electron chi connectivity index (χ4n) is 1.01. The van der Waals surface area contributed by atoms with Crippen LogP contribution in [0.5, 0.6) is 5.75 Å². The van der Waals surface area contributed by atoms with E-state index < -0.39 is 11.8 Å². The summed E-state index contributed by atoms with van der Waals surface area (Å²) in [6.07, 6.45) is 0. The van der Waals surface area contributed by atoms with Crippen LogP contribution in [0.4, 0.5) is 4.39 Å². The molecule has 0 aromatic heterocycles. The van der Waals surface area contributed by atoms with Crippen LogP contribution in [0.3, 0.4) is 0 Å². The number of benzene rings is 1. The summed E-state index contributed by atoms with van der Waals surface area (Å²) in [5.74, 6) is 3.88. The van der Waals surface area contributed by atoms with Gasteiger partial charge in [-0.2, -0.15) is 0 Å². The SMILES string of the molecule is CCOC(=O)C#Cc1cc(OC)ccc1F. The lowest BCUT2D eigenvalue weighted by atomic mass is 10.2. The third-order valence-corrected chi connectivity index (χ3v) is 1.75. The highest BCUT2D eigenvalue weighted by atomic mass is 19.1. The highest BCUT2D eigenvalue weighted by Gasteiger charge is 2.01. The van der Waals surface area contributed by atoms with Gasteiger partial charge in [-0.3, -0.25) is 0 Å². The molecule has 84 valence electrons. The largest absolute Gasteiger partial charge is 0.497 e. The molecule has 0 unspecified atom stereocenters. The third kappa shape index (κ3) is 3.28. The van der Waals surface area contributed by atoms with E-state index in [1.165, 1.54) is 25.3 Å². The molecule has 0 N–H and O–H groups in total. The van der Waals surface area contributed by atoms with E-state index >= 15 is 0 Å². The molecule has 0 aliphatic carbocycles. The van der Waals surface area contributed by atoms with Gasteiger partial charge in [-0.15, -0.1) is 0 Å². The molecule has 0 spiro atoms. The van der Waals surface area contributed by atoms with Gasteiger partial charge in [0.2, 0.25) is 0 Å². The lowest BCUT2D eigenvalue weighted by molar-refractivity contribution is -0.136. The number of rotatable bonds is 2. The van der Waals surface area contributed by atoms with E-state index in [4.69, 9.17) is 4.74 Å². The molecule has 4 heteroatoms. The van der Waals surface area contributed by atoms with Crippen LogP contribution in [0.15, 0.2) is 18.2 Å². The zero-order valence-electron chi connectivity index (χ0n) is 9.04. The summed E-state index contributed by atoms with van der Waals surface area (Å²) in [5, 5.41) is 0. The summed E-state index contributed by atoms with van der Waals surface area (Å²) >= 11 is 0. The van der Waals surface area contributed by atoms with Crippen molar-refractivity contribution >= 4 is 5.97 Å². The molecular formula is C12H11FO3. The van der Waals surface area contributed by atoms with Crippen LogP contribution in [0.25, 0.3) is 0 Å². The second kappa shape index (κ2) is 5.76. The Morgan fingerprint density at radius 3 is 2.88 bits per heavy atom. The van der Waals surface area contributed by atoms with Crippen LogP contribution in [0.1, 0.15) is 12.5 Å². The van der Waals surface area contributed by atoms with Gasteiger partial charge < -0.3 is 9.47 Å². The van der Waals surface area contributed by atoms with Crippen LogP contribution in [0.2, 0.25) is 0 Å². The maximum absolute atomic E-state index is 13.2. The Hall–Kier alpha value is -2.02. The predicted octanol–water partition coefficient (Wildman–Crippen LogP) is 1.75. The quantitative estimate of drug-likeness (QED) is 0.565. The molecule has 1 aromatic rings. The molecule has 3 nitrogen and oxygen atoms in total. The summed E-state index contributed by atoms with van der Waals surface area (Å²) in [4.78, 5) is 10.9. The minimum Gasteiger partial charge on any atom is -0.497 e. The van der Waals surface area contributed by atoms with Gasteiger partial charge in [-0.05, 0) is 25.1 Å². The third-order valence-electron chi connectivity index (χ3n) is 1.75. The Kier molecular flexibility index (Phi) is 4.34. The van der Waals surface area contributed by atoms with Gasteiger partial charge in [-0.25, -0.2) is 9.18 Å². The number of carbonyl (C=O) groups is 1. The Balaban J connectivity index is 2.91. The Morgan fingerprint density at radius 1 is 1.50 bits per heavy atom. The van der Waals surface area contributed by atoms with Crippen molar-refractivity contribution in [2.24, 2.45) is 0 Å². The molecule has 0 fully saturated rings. The van der Waals surface area contributed by atoms with Crippen molar-refractivity contribution in [1.29, 1.82) is 0 Å². The molecule has 0 saturated carbocycles. The lowest BCUT2D eigenvalue weighted by Gasteiger charge is -2.00. The van der Waals surface area contributed by atoms with Crippen molar-refractivity contribution in [2.45, 2.75) is 6.92 Å². The Labute approximate surface area is 93.2 Å². The van der Waals surface area contributed by atoms with Gasteiger partial charge in [0, 0.05) is 5.92 Å². The van der Waals surface area contributed by atoms with Crippen LogP contribution in [0, 0.1) is 17.7 Å². The van der Waals surface area contributed by atoms with E-state index in [0.29, 0.717) is 5.75 Å². The average molecular weight is 222 g/mol. The number of hydrogen-bond donors (Lipinski definition) is 0. The Bertz CT molecular complexity index is 443. The van der Waals surface area contributed by atoms with E-state index in [0.717, 1.165) is 0 Å². The monoisotopic (exact) mass is 222 g/mol. The van der Waals surface area contributed by atoms with Crippen LogP contribution in [-0.2, 0) is 9.53 Å². The van der Waals surface area contributed by atoms with E-state index in [-0.39, 0.29) is 12.2 Å². The number of carbonyl (C=O) groups excluding carboxylic acids is 1. The van der Waals surface area contributed by atoms with E-state index in [1.807, 2.05) is 0 Å². The number of ether oxygens (including phenoxy) is 2. The van der Waals surface area contributed by atoms with E-state index in [9.17, 15) is 9.18 Å². The molecule has 0 bridgehead atoms. The average Bonchev–Trinajstić information content (AvgIpc) is 2.28. The first-order valence-corrected chi connectivity index (χ1v) is 4.69. The first-order valence-electron chi connectivity index (χ1n) is 4.69. The Morgan fingerprint density at radius 2 is 2.25 bits per heavy atom. The minimum atomic E-state index is -0.676. The minimum absolute atomic E-state index is 0.104. The fraction of sp³-hybridized carbons (Fsp3) is 0.250. The smallest absolute Gasteiger partial charge is 0.384 e. The van der Waals surface area contributed by atoms with Gasteiger partial charge in [0.15, 0.2) is 0 Å². The van der Waals surface area contributed by atoms with Gasteiger partial charge >= 0.3 is 5.97 Å². The molecule has 0 aliphatic heterocycles. The summed E-state index contributed by atoms with van der Waals surface area (Å²) in [7, 11) is 1.47. The second-order valence-corrected chi connectivity index (χ2v) is 2.82. The van der Waals surface area contributed by atoms with Crippen molar-refractivity contribution in [1.82, 2.24) is 0 Å². The maximum atomic E-state index is 13.2. The van der Waals surface area contributed by atoms with Crippen LogP contribution < -0.4 is 4.74 Å². The molecule has 0 atom stereocenters. The zero-order chi connectivity index (χ0) is 12.0. The standard InChI is InChI=1S/C12H11FO3/c1-3-16-12(14)7-4-9-8-10(15-2)5-6-11(9)13/h5-6,8H,3H2,1-2H3. The van der Waals surface area contributed by atoms with Crippen molar-refractivity contribution in [3.63, 3.8) is 0 Å². The van der Waals surface area contributed by atoms with Gasteiger partial charge in [0.05, 0.1) is 19.3 Å². The predicted molar refractivity (Wildman–Crippen MR) is 56.5 cm³/mol. The first-order chi connectivity index (χ1) is 7.67. The molecule has 16 heavy (non-hydrogen) atoms. The molecular weight excluding hydrogens is 211 g/mol. The number of hydrogen-bond acceptors (Lipinski definition) is 3. The van der Waals surface area contributed by atoms with Crippen molar-refractivity contribution in [3.8, 4) is 17.6 Å². The van der Waals surface area contributed by atoms with Crippen LogP contribution in [-0.4, -0.2) is 19.7 Å². The zero-order valence-corrected chi connectivity index (χ0v) is 9.04. The summed E-state index contributed by atoms with van der Waals surface area (Å²) in [5.41, 5.74) is 0.104. The molecule has 0 saturated heterocycles. The van der Waals surface area contributed by atoms with Crippen molar-refractivity contribution in [3.05, 3.63) is 29.6 Å². The molecule has 0 radical (unpaired) electrons. The molecule has 1 aromatic carbocycles. The van der Waals surface area contributed by atoms with E-state index in [1.54, 1.807) is 6.92 Å². The number of esters is 1. The maximum Gasteiger partial charge on any atom is 0.384 e. The number of halogens is 1. The summed E-state index contributed by atoms with van der Waals surface area (Å²) in [6.45, 7) is 1.92.